The molecule has 0 bridgehead atoms. The summed E-state index contributed by atoms with van der Waals surface area (Å²) in [6.45, 7) is 0. The van der Waals surface area contributed by atoms with Gasteiger partial charge in [-0.05, 0) is 23.3 Å². The van der Waals surface area contributed by atoms with Crippen LogP contribution in [0.25, 0.3) is 5.57 Å². The molecule has 0 N–H and O–H groups in total. The fourth-order valence-electron chi connectivity index (χ4n) is 2.45. The average Bonchev–Trinajstić information content (AvgIpc) is 2.93. The first-order valence-electron chi connectivity index (χ1n) is 6.45. The summed E-state index contributed by atoms with van der Waals surface area (Å²) >= 11 is 12.0. The van der Waals surface area contributed by atoms with Gasteiger partial charge in [-0.15, -0.1) is 0 Å². The predicted octanol–water partition coefficient (Wildman–Crippen LogP) is 3.67. The van der Waals surface area contributed by atoms with Gasteiger partial charge in [-0.2, -0.15) is 0 Å². The van der Waals surface area contributed by atoms with E-state index >= 15 is 0 Å². The van der Waals surface area contributed by atoms with Crippen LogP contribution in [0.3, 0.4) is 0 Å². The minimum Gasteiger partial charge on any atom is -0.469 e. The first-order valence-corrected chi connectivity index (χ1v) is 7.21. The molecule has 0 fully saturated rings. The smallest absolute Gasteiger partial charge is 0.320 e. The second-order valence-electron chi connectivity index (χ2n) is 4.78. The lowest BCUT2D eigenvalue weighted by atomic mass is 9.76. The first kappa shape index (κ1) is 16.6. The maximum absolute atomic E-state index is 12.3. The van der Waals surface area contributed by atoms with Gasteiger partial charge in [-0.1, -0.05) is 47.5 Å². The normalized spacial score (nSPS) is 19.7. The predicted molar refractivity (Wildman–Crippen MR) is 84.7 cm³/mol. The molecule has 0 saturated heterocycles. The molecule has 2 rings (SSSR count). The molecule has 0 heterocycles. The van der Waals surface area contributed by atoms with Crippen LogP contribution >= 0.6 is 23.2 Å². The lowest BCUT2D eigenvalue weighted by Gasteiger charge is -2.27. The first-order chi connectivity index (χ1) is 10.4. The molecule has 0 spiro atoms. The molecular weight excluding hydrogens is 327 g/mol. The van der Waals surface area contributed by atoms with Crippen molar-refractivity contribution >= 4 is 40.7 Å². The van der Waals surface area contributed by atoms with Gasteiger partial charge in [0.05, 0.1) is 30.7 Å². The van der Waals surface area contributed by atoms with Crippen molar-refractivity contribution in [1.82, 2.24) is 0 Å². The van der Waals surface area contributed by atoms with E-state index in [1.807, 2.05) is 0 Å². The SMILES string of the molecule is COC(=O)CC1(C(=O)OC)C=CC=C1c1ccc(Cl)c(Cl)c1. The van der Waals surface area contributed by atoms with E-state index in [1.165, 1.54) is 14.2 Å². The Bertz CT molecular complexity index is 679. The summed E-state index contributed by atoms with van der Waals surface area (Å²) < 4.78 is 9.59. The Morgan fingerprint density at radius 1 is 1.14 bits per heavy atom. The highest BCUT2D eigenvalue weighted by molar-refractivity contribution is 6.42. The van der Waals surface area contributed by atoms with E-state index in [0.29, 0.717) is 21.2 Å². The molecule has 22 heavy (non-hydrogen) atoms. The molecule has 4 nitrogen and oxygen atoms in total. The molecule has 6 heteroatoms. The van der Waals surface area contributed by atoms with Crippen LogP contribution in [0.15, 0.2) is 36.4 Å². The molecule has 1 atom stereocenters. The number of carbonyl (C=O) groups excluding carboxylic acids is 2. The summed E-state index contributed by atoms with van der Waals surface area (Å²) in [7, 11) is 2.55. The third-order valence-electron chi connectivity index (χ3n) is 3.56. The summed E-state index contributed by atoms with van der Waals surface area (Å²) in [5.41, 5.74) is 0.0796. The van der Waals surface area contributed by atoms with Crippen molar-refractivity contribution in [3.8, 4) is 0 Å². The number of ether oxygens (including phenoxy) is 2. The number of carbonyl (C=O) groups is 2. The molecule has 1 aliphatic rings. The van der Waals surface area contributed by atoms with Crippen LogP contribution in [-0.4, -0.2) is 26.2 Å². The highest BCUT2D eigenvalue weighted by Gasteiger charge is 2.45. The standard InChI is InChI=1S/C16H14Cl2O4/c1-21-14(19)9-16(15(20)22-2)7-3-4-11(16)10-5-6-12(17)13(18)8-10/h3-8H,9H2,1-2H3. The molecule has 1 unspecified atom stereocenters. The van der Waals surface area contributed by atoms with Crippen LogP contribution in [0, 0.1) is 5.41 Å². The summed E-state index contributed by atoms with van der Waals surface area (Å²) in [5, 5.41) is 0.775. The van der Waals surface area contributed by atoms with Crippen LogP contribution in [0.2, 0.25) is 10.0 Å². The summed E-state index contributed by atoms with van der Waals surface area (Å²) in [5.74, 6) is -1.05. The molecule has 1 aromatic carbocycles. The average molecular weight is 341 g/mol. The summed E-state index contributed by atoms with van der Waals surface area (Å²) in [6.07, 6.45) is 4.93. The number of methoxy groups -OCH3 is 2. The Balaban J connectivity index is 2.50. The molecule has 1 aliphatic carbocycles. The Hall–Kier alpha value is -1.78. The van der Waals surface area contributed by atoms with Gasteiger partial charge in [0.25, 0.3) is 0 Å². The van der Waals surface area contributed by atoms with Crippen LogP contribution < -0.4 is 0 Å². The van der Waals surface area contributed by atoms with Crippen molar-refractivity contribution in [3.05, 3.63) is 52.0 Å². The van der Waals surface area contributed by atoms with Crippen LogP contribution in [-0.2, 0) is 19.1 Å². The van der Waals surface area contributed by atoms with Crippen molar-refractivity contribution in [2.75, 3.05) is 14.2 Å². The number of esters is 2. The van der Waals surface area contributed by atoms with Crippen molar-refractivity contribution in [3.63, 3.8) is 0 Å². The second-order valence-corrected chi connectivity index (χ2v) is 5.60. The van der Waals surface area contributed by atoms with Gasteiger partial charge in [0.15, 0.2) is 0 Å². The van der Waals surface area contributed by atoms with Gasteiger partial charge < -0.3 is 9.47 Å². The second kappa shape index (κ2) is 6.55. The quantitative estimate of drug-likeness (QED) is 0.784. The van der Waals surface area contributed by atoms with Crippen molar-refractivity contribution in [2.24, 2.45) is 5.41 Å². The van der Waals surface area contributed by atoms with E-state index in [4.69, 9.17) is 32.7 Å². The Kier molecular flexibility index (Phi) is 4.94. The van der Waals surface area contributed by atoms with Crippen LogP contribution in [0.4, 0.5) is 0 Å². The molecule has 116 valence electrons. The number of halogens is 2. The van der Waals surface area contributed by atoms with Gasteiger partial charge in [0.2, 0.25) is 0 Å². The highest BCUT2D eigenvalue weighted by atomic mass is 35.5. The fourth-order valence-corrected chi connectivity index (χ4v) is 2.75. The zero-order valence-corrected chi connectivity index (χ0v) is 13.6. The third kappa shape index (κ3) is 2.89. The minimum atomic E-state index is -1.22. The maximum Gasteiger partial charge on any atom is 0.320 e. The van der Waals surface area contributed by atoms with Gasteiger partial charge in [-0.25, -0.2) is 0 Å². The summed E-state index contributed by atoms with van der Waals surface area (Å²) in [6, 6.07) is 5.03. The molecule has 0 saturated carbocycles. The topological polar surface area (TPSA) is 52.6 Å². The Morgan fingerprint density at radius 2 is 1.86 bits per heavy atom. The molecule has 0 aromatic heterocycles. The minimum absolute atomic E-state index is 0.154. The molecule has 0 aliphatic heterocycles. The molecule has 0 radical (unpaired) electrons. The highest BCUT2D eigenvalue weighted by Crippen LogP contribution is 2.45. The zero-order valence-electron chi connectivity index (χ0n) is 12.1. The maximum atomic E-state index is 12.3. The number of hydrogen-bond donors (Lipinski definition) is 0. The van der Waals surface area contributed by atoms with Gasteiger partial charge in [-0.3, -0.25) is 9.59 Å². The third-order valence-corrected chi connectivity index (χ3v) is 4.29. The van der Waals surface area contributed by atoms with E-state index < -0.39 is 17.4 Å². The fraction of sp³-hybridized carbons (Fsp3) is 0.250. The van der Waals surface area contributed by atoms with E-state index in [2.05, 4.69) is 0 Å². The molecule has 1 aromatic rings. The lowest BCUT2D eigenvalue weighted by Crippen LogP contribution is -2.33. The Labute approximate surface area is 138 Å². The van der Waals surface area contributed by atoms with Crippen LogP contribution in [0.5, 0.6) is 0 Å². The zero-order chi connectivity index (χ0) is 16.3. The van der Waals surface area contributed by atoms with Crippen molar-refractivity contribution < 1.29 is 19.1 Å². The monoisotopic (exact) mass is 340 g/mol. The summed E-state index contributed by atoms with van der Waals surface area (Å²) in [4.78, 5) is 24.1. The van der Waals surface area contributed by atoms with Crippen LogP contribution in [0.1, 0.15) is 12.0 Å². The molecular formula is C16H14Cl2O4. The van der Waals surface area contributed by atoms with Crippen molar-refractivity contribution in [2.45, 2.75) is 6.42 Å². The van der Waals surface area contributed by atoms with E-state index in [-0.39, 0.29) is 6.42 Å². The van der Waals surface area contributed by atoms with E-state index in [1.54, 1.807) is 36.4 Å². The molecule has 0 amide bonds. The number of hydrogen-bond acceptors (Lipinski definition) is 4. The van der Waals surface area contributed by atoms with Gasteiger partial charge >= 0.3 is 11.9 Å². The van der Waals surface area contributed by atoms with Gasteiger partial charge in [0, 0.05) is 0 Å². The Morgan fingerprint density at radius 3 is 2.45 bits per heavy atom. The van der Waals surface area contributed by atoms with Crippen molar-refractivity contribution in [1.29, 1.82) is 0 Å². The van der Waals surface area contributed by atoms with Gasteiger partial charge in [0.1, 0.15) is 5.41 Å². The van der Waals surface area contributed by atoms with E-state index in [0.717, 1.165) is 0 Å². The largest absolute Gasteiger partial charge is 0.469 e. The lowest BCUT2D eigenvalue weighted by molar-refractivity contribution is -0.153. The number of allylic oxidation sites excluding steroid dienone is 2. The number of rotatable bonds is 4. The van der Waals surface area contributed by atoms with E-state index in [9.17, 15) is 9.59 Å². The number of benzene rings is 1.